The predicted octanol–water partition coefficient (Wildman–Crippen LogP) is 3.21. The second-order valence-electron chi connectivity index (χ2n) is 6.78. The second kappa shape index (κ2) is 6.28. The van der Waals surface area contributed by atoms with Crippen molar-refractivity contribution >= 4 is 0 Å². The normalized spacial score (nSPS) is 20.9. The highest BCUT2D eigenvalue weighted by Crippen LogP contribution is 2.35. The number of aliphatic hydroxyl groups is 1. The van der Waals surface area contributed by atoms with Crippen molar-refractivity contribution in [2.75, 3.05) is 13.2 Å². The van der Waals surface area contributed by atoms with Crippen molar-refractivity contribution in [3.8, 4) is 0 Å². The molecule has 0 bridgehead atoms. The van der Waals surface area contributed by atoms with Gasteiger partial charge in [0.25, 0.3) is 0 Å². The minimum Gasteiger partial charge on any atom is -0.396 e. The Labute approximate surface area is 122 Å². The van der Waals surface area contributed by atoms with Gasteiger partial charge in [0.1, 0.15) is 0 Å². The minimum atomic E-state index is 0.148. The molecule has 2 heteroatoms. The molecule has 2 aliphatic carbocycles. The first-order valence-corrected chi connectivity index (χ1v) is 8.24. The molecular weight excluding hydrogens is 246 g/mol. The lowest BCUT2D eigenvalue weighted by molar-refractivity contribution is 0.0810. The van der Waals surface area contributed by atoms with Gasteiger partial charge in [0.15, 0.2) is 0 Å². The second-order valence-corrected chi connectivity index (χ2v) is 6.78. The summed E-state index contributed by atoms with van der Waals surface area (Å²) in [6.07, 6.45) is 10.1. The van der Waals surface area contributed by atoms with Crippen LogP contribution in [0.2, 0.25) is 0 Å². The average molecular weight is 273 g/mol. The SMILES string of the molecule is OCC1(CNCc2ccc3c(c2)CCC3)CCCCC1. The maximum absolute atomic E-state index is 9.73. The van der Waals surface area contributed by atoms with Gasteiger partial charge in [-0.15, -0.1) is 0 Å². The summed E-state index contributed by atoms with van der Waals surface area (Å²) < 4.78 is 0. The van der Waals surface area contributed by atoms with Crippen LogP contribution in [0.3, 0.4) is 0 Å². The number of hydrogen-bond donors (Lipinski definition) is 2. The Kier molecular flexibility index (Phi) is 4.42. The first-order chi connectivity index (χ1) is 9.81. The fraction of sp³-hybridized carbons (Fsp3) is 0.667. The lowest BCUT2D eigenvalue weighted by Crippen LogP contribution is -2.38. The van der Waals surface area contributed by atoms with E-state index in [9.17, 15) is 5.11 Å². The Morgan fingerprint density at radius 1 is 1.00 bits per heavy atom. The lowest BCUT2D eigenvalue weighted by Gasteiger charge is -2.35. The first-order valence-electron chi connectivity index (χ1n) is 8.24. The summed E-state index contributed by atoms with van der Waals surface area (Å²) in [4.78, 5) is 0. The van der Waals surface area contributed by atoms with Crippen LogP contribution in [-0.2, 0) is 19.4 Å². The van der Waals surface area contributed by atoms with Gasteiger partial charge >= 0.3 is 0 Å². The van der Waals surface area contributed by atoms with Crippen molar-refractivity contribution in [3.05, 3.63) is 34.9 Å². The van der Waals surface area contributed by atoms with Crippen LogP contribution in [0.15, 0.2) is 18.2 Å². The van der Waals surface area contributed by atoms with E-state index in [1.165, 1.54) is 56.9 Å². The highest BCUT2D eigenvalue weighted by atomic mass is 16.3. The van der Waals surface area contributed by atoms with Crippen LogP contribution in [0.1, 0.15) is 55.2 Å². The number of aliphatic hydroxyl groups excluding tert-OH is 1. The van der Waals surface area contributed by atoms with Crippen molar-refractivity contribution in [1.29, 1.82) is 0 Å². The van der Waals surface area contributed by atoms with Gasteiger partial charge in [-0.05, 0) is 48.8 Å². The standard InChI is InChI=1S/C18H27NO/c20-14-18(9-2-1-3-10-18)13-19-12-15-7-8-16-5-4-6-17(16)11-15/h7-8,11,19-20H,1-6,9-10,12-14H2. The third-order valence-electron chi connectivity index (χ3n) is 5.24. The fourth-order valence-electron chi connectivity index (χ4n) is 3.90. The molecule has 0 aromatic heterocycles. The number of aryl methyl sites for hydroxylation is 2. The molecule has 0 heterocycles. The molecule has 0 unspecified atom stereocenters. The number of benzene rings is 1. The van der Waals surface area contributed by atoms with E-state index in [-0.39, 0.29) is 5.41 Å². The Hall–Kier alpha value is -0.860. The van der Waals surface area contributed by atoms with Crippen LogP contribution >= 0.6 is 0 Å². The average Bonchev–Trinajstić information content (AvgIpc) is 2.96. The molecule has 110 valence electrons. The van der Waals surface area contributed by atoms with E-state index in [1.807, 2.05) is 0 Å². The first kappa shape index (κ1) is 14.1. The molecule has 1 saturated carbocycles. The summed E-state index contributed by atoms with van der Waals surface area (Å²) in [7, 11) is 0. The van der Waals surface area contributed by atoms with Gasteiger partial charge in [-0.1, -0.05) is 37.5 Å². The van der Waals surface area contributed by atoms with Gasteiger partial charge in [0, 0.05) is 25.1 Å². The van der Waals surface area contributed by atoms with Gasteiger partial charge < -0.3 is 10.4 Å². The molecule has 2 nitrogen and oxygen atoms in total. The molecule has 0 saturated heterocycles. The zero-order valence-corrected chi connectivity index (χ0v) is 12.5. The van der Waals surface area contributed by atoms with E-state index in [0.717, 1.165) is 13.1 Å². The summed E-state index contributed by atoms with van der Waals surface area (Å²) >= 11 is 0. The largest absolute Gasteiger partial charge is 0.396 e. The van der Waals surface area contributed by atoms with Crippen molar-refractivity contribution in [2.45, 2.75) is 57.9 Å². The molecule has 3 rings (SSSR count). The zero-order valence-electron chi connectivity index (χ0n) is 12.5. The maximum atomic E-state index is 9.73. The van der Waals surface area contributed by atoms with Crippen LogP contribution in [0.4, 0.5) is 0 Å². The summed E-state index contributed by atoms with van der Waals surface area (Å²) in [6, 6.07) is 6.95. The van der Waals surface area contributed by atoms with E-state index in [0.29, 0.717) is 6.61 Å². The van der Waals surface area contributed by atoms with Gasteiger partial charge in [-0.3, -0.25) is 0 Å². The molecule has 0 spiro atoms. The molecule has 0 amide bonds. The quantitative estimate of drug-likeness (QED) is 0.863. The topological polar surface area (TPSA) is 32.3 Å². The summed E-state index contributed by atoms with van der Waals surface area (Å²) in [5, 5.41) is 13.3. The van der Waals surface area contributed by atoms with Gasteiger partial charge in [-0.2, -0.15) is 0 Å². The highest BCUT2D eigenvalue weighted by molar-refractivity contribution is 5.35. The third-order valence-corrected chi connectivity index (χ3v) is 5.24. The van der Waals surface area contributed by atoms with Gasteiger partial charge in [-0.25, -0.2) is 0 Å². The monoisotopic (exact) mass is 273 g/mol. The maximum Gasteiger partial charge on any atom is 0.0499 e. The third kappa shape index (κ3) is 3.07. The molecule has 0 radical (unpaired) electrons. The fourth-order valence-corrected chi connectivity index (χ4v) is 3.90. The molecule has 1 aromatic rings. The van der Waals surface area contributed by atoms with Crippen molar-refractivity contribution in [3.63, 3.8) is 0 Å². The number of fused-ring (bicyclic) bond motifs is 1. The van der Waals surface area contributed by atoms with E-state index < -0.39 is 0 Å². The predicted molar refractivity (Wildman–Crippen MR) is 82.8 cm³/mol. The molecule has 0 aliphatic heterocycles. The van der Waals surface area contributed by atoms with E-state index in [1.54, 1.807) is 11.1 Å². The molecular formula is C18H27NO. The van der Waals surface area contributed by atoms with Crippen molar-refractivity contribution in [1.82, 2.24) is 5.32 Å². The lowest BCUT2D eigenvalue weighted by atomic mass is 9.74. The molecule has 2 N–H and O–H groups in total. The van der Waals surface area contributed by atoms with Crippen molar-refractivity contribution < 1.29 is 5.11 Å². The van der Waals surface area contributed by atoms with Crippen LogP contribution in [-0.4, -0.2) is 18.3 Å². The van der Waals surface area contributed by atoms with Crippen LogP contribution in [0, 0.1) is 5.41 Å². The molecule has 1 fully saturated rings. The molecule has 2 aliphatic rings. The molecule has 20 heavy (non-hydrogen) atoms. The smallest absolute Gasteiger partial charge is 0.0499 e. The summed E-state index contributed by atoms with van der Waals surface area (Å²) in [5.41, 5.74) is 4.65. The summed E-state index contributed by atoms with van der Waals surface area (Å²) in [6.45, 7) is 2.24. The zero-order chi connectivity index (χ0) is 13.8. The van der Waals surface area contributed by atoms with E-state index >= 15 is 0 Å². The Balaban J connectivity index is 1.54. The Morgan fingerprint density at radius 3 is 2.60 bits per heavy atom. The molecule has 1 aromatic carbocycles. The minimum absolute atomic E-state index is 0.148. The molecule has 0 atom stereocenters. The van der Waals surface area contributed by atoms with Crippen molar-refractivity contribution in [2.24, 2.45) is 5.41 Å². The van der Waals surface area contributed by atoms with Crippen LogP contribution < -0.4 is 5.32 Å². The number of rotatable bonds is 5. The van der Waals surface area contributed by atoms with Gasteiger partial charge in [0.05, 0.1) is 0 Å². The van der Waals surface area contributed by atoms with Crippen LogP contribution in [0.5, 0.6) is 0 Å². The van der Waals surface area contributed by atoms with Gasteiger partial charge in [0.2, 0.25) is 0 Å². The Bertz CT molecular complexity index is 449. The van der Waals surface area contributed by atoms with E-state index in [4.69, 9.17) is 0 Å². The summed E-state index contributed by atoms with van der Waals surface area (Å²) in [5.74, 6) is 0. The van der Waals surface area contributed by atoms with E-state index in [2.05, 4.69) is 23.5 Å². The Morgan fingerprint density at radius 2 is 1.80 bits per heavy atom. The number of hydrogen-bond acceptors (Lipinski definition) is 2. The highest BCUT2D eigenvalue weighted by Gasteiger charge is 2.30. The number of nitrogens with one attached hydrogen (secondary N) is 1. The van der Waals surface area contributed by atoms with Crippen LogP contribution in [0.25, 0.3) is 0 Å².